The van der Waals surface area contributed by atoms with Crippen LogP contribution >= 0.6 is 11.6 Å². The van der Waals surface area contributed by atoms with Gasteiger partial charge in [-0.25, -0.2) is 0 Å². The molecule has 0 saturated carbocycles. The molecule has 3 nitrogen and oxygen atoms in total. The average molecular weight is 311 g/mol. The van der Waals surface area contributed by atoms with Gasteiger partial charge in [-0.3, -0.25) is 4.79 Å². The standard InChI is InChI=1S/C18H15ClN2O/c1-2-14-7-3-4-9-17(14)21-18(22)15(12-20)10-13-6-5-8-16(19)11-13/h3-11H,2H2,1H3,(H,21,22)/b15-10+. The number of para-hydroxylation sites is 1. The van der Waals surface area contributed by atoms with Crippen LogP contribution in [-0.4, -0.2) is 5.91 Å². The van der Waals surface area contributed by atoms with Crippen molar-refractivity contribution in [3.8, 4) is 6.07 Å². The van der Waals surface area contributed by atoms with Crippen molar-refractivity contribution in [1.82, 2.24) is 0 Å². The Kier molecular flexibility index (Phi) is 5.35. The van der Waals surface area contributed by atoms with E-state index in [0.29, 0.717) is 10.6 Å². The SMILES string of the molecule is CCc1ccccc1NC(=O)/C(C#N)=C/c1cccc(Cl)c1. The molecule has 0 saturated heterocycles. The molecule has 2 aromatic carbocycles. The Balaban J connectivity index is 2.25. The minimum absolute atomic E-state index is 0.0353. The summed E-state index contributed by atoms with van der Waals surface area (Å²) in [5, 5.41) is 12.6. The number of nitriles is 1. The molecule has 0 aliphatic carbocycles. The van der Waals surface area contributed by atoms with Gasteiger partial charge >= 0.3 is 0 Å². The van der Waals surface area contributed by atoms with Gasteiger partial charge in [-0.15, -0.1) is 0 Å². The van der Waals surface area contributed by atoms with Crippen LogP contribution in [0, 0.1) is 11.3 Å². The van der Waals surface area contributed by atoms with Crippen LogP contribution in [-0.2, 0) is 11.2 Å². The predicted octanol–water partition coefficient (Wildman–Crippen LogP) is 4.45. The Bertz CT molecular complexity index is 760. The number of carbonyl (C=O) groups is 1. The van der Waals surface area contributed by atoms with Crippen LogP contribution in [0.25, 0.3) is 6.08 Å². The lowest BCUT2D eigenvalue weighted by Gasteiger charge is -2.09. The Hall–Kier alpha value is -2.57. The molecule has 1 amide bonds. The van der Waals surface area contributed by atoms with E-state index in [-0.39, 0.29) is 5.57 Å². The van der Waals surface area contributed by atoms with Crippen molar-refractivity contribution in [2.24, 2.45) is 0 Å². The zero-order valence-electron chi connectivity index (χ0n) is 12.1. The number of rotatable bonds is 4. The Morgan fingerprint density at radius 3 is 2.73 bits per heavy atom. The molecule has 110 valence electrons. The summed E-state index contributed by atoms with van der Waals surface area (Å²) < 4.78 is 0. The van der Waals surface area contributed by atoms with E-state index in [1.165, 1.54) is 6.08 Å². The number of carbonyl (C=O) groups excluding carboxylic acids is 1. The lowest BCUT2D eigenvalue weighted by molar-refractivity contribution is -0.112. The molecule has 1 N–H and O–H groups in total. The van der Waals surface area contributed by atoms with E-state index in [9.17, 15) is 10.1 Å². The molecule has 0 bridgehead atoms. The van der Waals surface area contributed by atoms with Crippen molar-refractivity contribution in [2.75, 3.05) is 5.32 Å². The molecule has 2 rings (SSSR count). The Morgan fingerprint density at radius 1 is 1.27 bits per heavy atom. The summed E-state index contributed by atoms with van der Waals surface area (Å²) in [7, 11) is 0. The molecule has 0 aromatic heterocycles. The first-order valence-electron chi connectivity index (χ1n) is 6.90. The first-order chi connectivity index (χ1) is 10.6. The number of amides is 1. The maximum atomic E-state index is 12.3. The fourth-order valence-electron chi connectivity index (χ4n) is 2.05. The highest BCUT2D eigenvalue weighted by Crippen LogP contribution is 2.18. The molecule has 0 atom stereocenters. The number of hydrogen-bond donors (Lipinski definition) is 1. The second-order valence-corrected chi connectivity index (χ2v) is 5.13. The monoisotopic (exact) mass is 310 g/mol. The molecule has 22 heavy (non-hydrogen) atoms. The van der Waals surface area contributed by atoms with Crippen molar-refractivity contribution in [2.45, 2.75) is 13.3 Å². The maximum Gasteiger partial charge on any atom is 0.266 e. The van der Waals surface area contributed by atoms with Gasteiger partial charge in [-0.1, -0.05) is 48.9 Å². The van der Waals surface area contributed by atoms with Gasteiger partial charge in [0.25, 0.3) is 5.91 Å². The van der Waals surface area contributed by atoms with Gasteiger partial charge in [0, 0.05) is 10.7 Å². The van der Waals surface area contributed by atoms with Gasteiger partial charge in [-0.05, 0) is 41.8 Å². The highest BCUT2D eigenvalue weighted by atomic mass is 35.5. The minimum Gasteiger partial charge on any atom is -0.321 e. The molecule has 0 radical (unpaired) electrons. The number of benzene rings is 2. The quantitative estimate of drug-likeness (QED) is 0.670. The summed E-state index contributed by atoms with van der Waals surface area (Å²) in [4.78, 5) is 12.3. The van der Waals surface area contributed by atoms with Crippen molar-refractivity contribution in [3.05, 3.63) is 70.3 Å². The second kappa shape index (κ2) is 7.44. The van der Waals surface area contributed by atoms with E-state index >= 15 is 0 Å². The molecule has 0 spiro atoms. The zero-order valence-corrected chi connectivity index (χ0v) is 12.9. The summed E-state index contributed by atoms with van der Waals surface area (Å²) in [6, 6.07) is 16.5. The van der Waals surface area contributed by atoms with Crippen LogP contribution in [0.2, 0.25) is 5.02 Å². The van der Waals surface area contributed by atoms with Gasteiger partial charge in [-0.2, -0.15) is 5.26 Å². The van der Waals surface area contributed by atoms with E-state index in [2.05, 4.69) is 5.32 Å². The third-order valence-electron chi connectivity index (χ3n) is 3.17. The molecule has 4 heteroatoms. The summed E-state index contributed by atoms with van der Waals surface area (Å²) in [5.41, 5.74) is 2.49. The van der Waals surface area contributed by atoms with E-state index in [1.807, 2.05) is 37.3 Å². The molecular formula is C18H15ClN2O. The van der Waals surface area contributed by atoms with E-state index in [4.69, 9.17) is 11.6 Å². The summed E-state index contributed by atoms with van der Waals surface area (Å²) in [5.74, 6) is -0.427. The van der Waals surface area contributed by atoms with Crippen LogP contribution in [0.1, 0.15) is 18.1 Å². The molecular weight excluding hydrogens is 296 g/mol. The van der Waals surface area contributed by atoms with Crippen LogP contribution in [0.15, 0.2) is 54.1 Å². The topological polar surface area (TPSA) is 52.9 Å². The number of anilines is 1. The molecule has 0 aliphatic rings. The van der Waals surface area contributed by atoms with Crippen molar-refractivity contribution in [1.29, 1.82) is 5.26 Å². The van der Waals surface area contributed by atoms with Gasteiger partial charge in [0.05, 0.1) is 0 Å². The van der Waals surface area contributed by atoms with Crippen LogP contribution in [0.5, 0.6) is 0 Å². The normalized spacial score (nSPS) is 10.9. The van der Waals surface area contributed by atoms with Gasteiger partial charge < -0.3 is 5.32 Å². The zero-order chi connectivity index (χ0) is 15.9. The smallest absolute Gasteiger partial charge is 0.266 e. The number of halogens is 1. The number of nitrogens with one attached hydrogen (secondary N) is 1. The highest BCUT2D eigenvalue weighted by Gasteiger charge is 2.11. The largest absolute Gasteiger partial charge is 0.321 e. The first kappa shape index (κ1) is 15.8. The number of hydrogen-bond acceptors (Lipinski definition) is 2. The minimum atomic E-state index is -0.427. The number of nitrogens with zero attached hydrogens (tertiary/aromatic N) is 1. The summed E-state index contributed by atoms with van der Waals surface area (Å²) in [6.07, 6.45) is 2.33. The van der Waals surface area contributed by atoms with E-state index in [1.54, 1.807) is 24.3 Å². The molecule has 0 heterocycles. The van der Waals surface area contributed by atoms with Crippen LogP contribution in [0.4, 0.5) is 5.69 Å². The van der Waals surface area contributed by atoms with Crippen molar-refractivity contribution >= 4 is 29.3 Å². The highest BCUT2D eigenvalue weighted by molar-refractivity contribution is 6.30. The van der Waals surface area contributed by atoms with Gasteiger partial charge in [0.1, 0.15) is 11.6 Å². The maximum absolute atomic E-state index is 12.3. The molecule has 2 aromatic rings. The fraction of sp³-hybridized carbons (Fsp3) is 0.111. The summed E-state index contributed by atoms with van der Waals surface area (Å²) in [6.45, 7) is 2.01. The first-order valence-corrected chi connectivity index (χ1v) is 7.28. The Labute approximate surface area is 134 Å². The predicted molar refractivity (Wildman–Crippen MR) is 89.5 cm³/mol. The third kappa shape index (κ3) is 3.97. The average Bonchev–Trinajstić information content (AvgIpc) is 2.53. The molecule has 0 fully saturated rings. The lowest BCUT2D eigenvalue weighted by Crippen LogP contribution is -2.14. The van der Waals surface area contributed by atoms with Crippen LogP contribution in [0.3, 0.4) is 0 Å². The van der Waals surface area contributed by atoms with E-state index in [0.717, 1.165) is 17.7 Å². The Morgan fingerprint density at radius 2 is 2.05 bits per heavy atom. The van der Waals surface area contributed by atoms with Crippen molar-refractivity contribution in [3.63, 3.8) is 0 Å². The molecule has 0 unspecified atom stereocenters. The fourth-order valence-corrected chi connectivity index (χ4v) is 2.25. The number of aryl methyl sites for hydroxylation is 1. The lowest BCUT2D eigenvalue weighted by atomic mass is 10.1. The van der Waals surface area contributed by atoms with Crippen LogP contribution < -0.4 is 5.32 Å². The van der Waals surface area contributed by atoms with Crippen molar-refractivity contribution < 1.29 is 4.79 Å². The molecule has 0 aliphatic heterocycles. The van der Waals surface area contributed by atoms with E-state index < -0.39 is 5.91 Å². The van der Waals surface area contributed by atoms with Gasteiger partial charge in [0.15, 0.2) is 0 Å². The summed E-state index contributed by atoms with van der Waals surface area (Å²) >= 11 is 5.91. The second-order valence-electron chi connectivity index (χ2n) is 4.69. The third-order valence-corrected chi connectivity index (χ3v) is 3.41. The van der Waals surface area contributed by atoms with Gasteiger partial charge in [0.2, 0.25) is 0 Å².